The van der Waals surface area contributed by atoms with E-state index in [1.807, 2.05) is 36.4 Å². The van der Waals surface area contributed by atoms with Crippen molar-refractivity contribution in [1.82, 2.24) is 0 Å². The van der Waals surface area contributed by atoms with Crippen molar-refractivity contribution in [3.8, 4) is 16.9 Å². The molecule has 0 aromatic heterocycles. The second kappa shape index (κ2) is 4.62. The van der Waals surface area contributed by atoms with E-state index in [4.69, 9.17) is 4.74 Å². The SMILES string of the molecule is COc1[c]cc(C=O)c(-c2ccccc2)c1. The quantitative estimate of drug-likeness (QED) is 0.729. The Hall–Kier alpha value is -2.09. The lowest BCUT2D eigenvalue weighted by atomic mass is 10.0. The normalized spacial score (nSPS) is 9.81. The number of aldehydes is 1. The molecule has 0 spiro atoms. The molecule has 0 aliphatic rings. The molecule has 0 fully saturated rings. The maximum absolute atomic E-state index is 10.9. The first-order valence-corrected chi connectivity index (χ1v) is 4.95. The van der Waals surface area contributed by atoms with Gasteiger partial charge in [-0.05, 0) is 23.3 Å². The fourth-order valence-electron chi connectivity index (χ4n) is 1.57. The van der Waals surface area contributed by atoms with Gasteiger partial charge in [0.15, 0.2) is 6.29 Å². The van der Waals surface area contributed by atoms with Crippen LogP contribution in [-0.2, 0) is 0 Å². The number of benzene rings is 2. The zero-order chi connectivity index (χ0) is 11.4. The Morgan fingerprint density at radius 1 is 1.25 bits per heavy atom. The number of hydrogen-bond donors (Lipinski definition) is 0. The second-order valence-corrected chi connectivity index (χ2v) is 3.35. The first-order valence-electron chi connectivity index (χ1n) is 4.95. The molecule has 0 bridgehead atoms. The van der Waals surface area contributed by atoms with Gasteiger partial charge in [0.05, 0.1) is 7.11 Å². The Morgan fingerprint density at radius 2 is 2.00 bits per heavy atom. The van der Waals surface area contributed by atoms with Crippen molar-refractivity contribution >= 4 is 6.29 Å². The van der Waals surface area contributed by atoms with Gasteiger partial charge in [-0.1, -0.05) is 30.3 Å². The molecule has 0 amide bonds. The lowest BCUT2D eigenvalue weighted by molar-refractivity contribution is 0.112. The number of ether oxygens (including phenoxy) is 1. The van der Waals surface area contributed by atoms with Crippen LogP contribution in [0.5, 0.6) is 5.75 Å². The molecule has 0 aliphatic heterocycles. The maximum atomic E-state index is 10.9. The average molecular weight is 211 g/mol. The van der Waals surface area contributed by atoms with Crippen LogP contribution in [0.3, 0.4) is 0 Å². The van der Waals surface area contributed by atoms with E-state index >= 15 is 0 Å². The third-order valence-electron chi connectivity index (χ3n) is 2.39. The summed E-state index contributed by atoms with van der Waals surface area (Å²) in [5.41, 5.74) is 2.48. The first kappa shape index (κ1) is 10.4. The molecule has 0 N–H and O–H groups in total. The summed E-state index contributed by atoms with van der Waals surface area (Å²) < 4.78 is 5.10. The van der Waals surface area contributed by atoms with Crippen LogP contribution >= 0.6 is 0 Å². The summed E-state index contributed by atoms with van der Waals surface area (Å²) in [5.74, 6) is 0.629. The summed E-state index contributed by atoms with van der Waals surface area (Å²) in [6, 6.07) is 16.1. The molecule has 0 saturated carbocycles. The number of rotatable bonds is 3. The molecule has 2 aromatic rings. The van der Waals surface area contributed by atoms with E-state index in [0.29, 0.717) is 11.3 Å². The van der Waals surface area contributed by atoms with Crippen LogP contribution in [0.25, 0.3) is 11.1 Å². The topological polar surface area (TPSA) is 26.3 Å². The number of hydrogen-bond acceptors (Lipinski definition) is 2. The van der Waals surface area contributed by atoms with E-state index in [2.05, 4.69) is 6.07 Å². The van der Waals surface area contributed by atoms with E-state index < -0.39 is 0 Å². The van der Waals surface area contributed by atoms with Crippen LogP contribution in [0, 0.1) is 6.07 Å². The average Bonchev–Trinajstić information content (AvgIpc) is 2.39. The molecule has 16 heavy (non-hydrogen) atoms. The highest BCUT2D eigenvalue weighted by Gasteiger charge is 2.05. The van der Waals surface area contributed by atoms with Crippen molar-refractivity contribution in [2.75, 3.05) is 7.11 Å². The minimum Gasteiger partial charge on any atom is -0.496 e. The highest BCUT2D eigenvalue weighted by molar-refractivity contribution is 5.88. The standard InChI is InChI=1S/C14H11O2/c1-16-13-8-7-12(10-15)14(9-13)11-5-3-2-4-6-11/h2-7,9-10H,1H3. The van der Waals surface area contributed by atoms with Crippen molar-refractivity contribution in [1.29, 1.82) is 0 Å². The largest absolute Gasteiger partial charge is 0.496 e. The molecule has 0 atom stereocenters. The van der Waals surface area contributed by atoms with E-state index in [1.165, 1.54) is 0 Å². The van der Waals surface area contributed by atoms with Crippen LogP contribution in [-0.4, -0.2) is 13.4 Å². The van der Waals surface area contributed by atoms with E-state index in [-0.39, 0.29) is 0 Å². The predicted octanol–water partition coefficient (Wildman–Crippen LogP) is 2.97. The van der Waals surface area contributed by atoms with Crippen molar-refractivity contribution in [2.24, 2.45) is 0 Å². The van der Waals surface area contributed by atoms with Crippen LogP contribution in [0.15, 0.2) is 42.5 Å². The Morgan fingerprint density at radius 3 is 2.62 bits per heavy atom. The maximum Gasteiger partial charge on any atom is 0.150 e. The van der Waals surface area contributed by atoms with Crippen molar-refractivity contribution in [3.05, 3.63) is 54.1 Å². The summed E-state index contributed by atoms with van der Waals surface area (Å²) in [6.45, 7) is 0. The van der Waals surface area contributed by atoms with Gasteiger partial charge in [-0.2, -0.15) is 0 Å². The van der Waals surface area contributed by atoms with Gasteiger partial charge in [-0.3, -0.25) is 4.79 Å². The Kier molecular flexibility index (Phi) is 3.01. The summed E-state index contributed by atoms with van der Waals surface area (Å²) >= 11 is 0. The first-order chi connectivity index (χ1) is 7.85. The Bertz CT molecular complexity index is 489. The van der Waals surface area contributed by atoms with Gasteiger partial charge in [0.25, 0.3) is 0 Å². The molecule has 2 aromatic carbocycles. The third kappa shape index (κ3) is 1.96. The van der Waals surface area contributed by atoms with Crippen LogP contribution in [0.2, 0.25) is 0 Å². The van der Waals surface area contributed by atoms with Gasteiger partial charge in [0, 0.05) is 11.6 Å². The van der Waals surface area contributed by atoms with Crippen LogP contribution in [0.1, 0.15) is 10.4 Å². The van der Waals surface area contributed by atoms with E-state index in [9.17, 15) is 4.79 Å². The molecule has 1 radical (unpaired) electrons. The number of carbonyl (C=O) groups is 1. The number of carbonyl (C=O) groups excluding carboxylic acids is 1. The van der Waals surface area contributed by atoms with Gasteiger partial charge < -0.3 is 4.74 Å². The molecule has 0 aliphatic carbocycles. The predicted molar refractivity (Wildman–Crippen MR) is 62.7 cm³/mol. The van der Waals surface area contributed by atoms with Gasteiger partial charge >= 0.3 is 0 Å². The fourth-order valence-corrected chi connectivity index (χ4v) is 1.57. The smallest absolute Gasteiger partial charge is 0.150 e. The molecule has 2 nitrogen and oxygen atoms in total. The van der Waals surface area contributed by atoms with Crippen molar-refractivity contribution in [3.63, 3.8) is 0 Å². The highest BCUT2D eigenvalue weighted by atomic mass is 16.5. The zero-order valence-corrected chi connectivity index (χ0v) is 8.94. The van der Waals surface area contributed by atoms with Gasteiger partial charge in [-0.25, -0.2) is 0 Å². The van der Waals surface area contributed by atoms with Crippen LogP contribution in [0.4, 0.5) is 0 Å². The molecule has 0 heterocycles. The molecule has 2 rings (SSSR count). The summed E-state index contributed by atoms with van der Waals surface area (Å²) in [4.78, 5) is 10.9. The minimum absolute atomic E-state index is 0.618. The highest BCUT2D eigenvalue weighted by Crippen LogP contribution is 2.26. The van der Waals surface area contributed by atoms with Crippen LogP contribution < -0.4 is 4.74 Å². The second-order valence-electron chi connectivity index (χ2n) is 3.35. The van der Waals surface area contributed by atoms with Crippen molar-refractivity contribution in [2.45, 2.75) is 0 Å². The third-order valence-corrected chi connectivity index (χ3v) is 2.39. The fraction of sp³-hybridized carbons (Fsp3) is 0.0714. The zero-order valence-electron chi connectivity index (χ0n) is 8.94. The summed E-state index contributed by atoms with van der Waals surface area (Å²) in [7, 11) is 1.58. The Labute approximate surface area is 94.5 Å². The molecule has 2 heteroatoms. The molecule has 0 saturated heterocycles. The van der Waals surface area contributed by atoms with E-state index in [0.717, 1.165) is 17.4 Å². The summed E-state index contributed by atoms with van der Waals surface area (Å²) in [6.07, 6.45) is 0.832. The minimum atomic E-state index is 0.618. The van der Waals surface area contributed by atoms with Crippen molar-refractivity contribution < 1.29 is 9.53 Å². The molecular weight excluding hydrogens is 200 g/mol. The monoisotopic (exact) mass is 211 g/mol. The molecular formula is C14H11O2. The van der Waals surface area contributed by atoms with Gasteiger partial charge in [0.1, 0.15) is 5.75 Å². The number of methoxy groups -OCH3 is 1. The molecule has 0 unspecified atom stereocenters. The van der Waals surface area contributed by atoms with E-state index in [1.54, 1.807) is 13.2 Å². The lowest BCUT2D eigenvalue weighted by Crippen LogP contribution is -1.90. The lowest BCUT2D eigenvalue weighted by Gasteiger charge is -2.07. The summed E-state index contributed by atoms with van der Waals surface area (Å²) in [5, 5.41) is 0. The van der Waals surface area contributed by atoms with Gasteiger partial charge in [-0.15, -0.1) is 0 Å². The Balaban J connectivity index is 2.57. The van der Waals surface area contributed by atoms with Gasteiger partial charge in [0.2, 0.25) is 0 Å². The molecule has 79 valence electrons.